The first-order valence-corrected chi connectivity index (χ1v) is 17.4. The summed E-state index contributed by atoms with van der Waals surface area (Å²) in [6.45, 7) is 7.73. The fraction of sp³-hybridized carbons (Fsp3) is 0.0426. The van der Waals surface area contributed by atoms with Gasteiger partial charge >= 0.3 is 0 Å². The second-order valence-electron chi connectivity index (χ2n) is 12.9. The van der Waals surface area contributed by atoms with Crippen LogP contribution in [-0.4, -0.2) is 16.6 Å². The van der Waals surface area contributed by atoms with Crippen LogP contribution in [0.5, 0.6) is 0 Å². The number of hydrogen-bond donors (Lipinski definition) is 2. The average molecular weight is 674 g/mol. The van der Waals surface area contributed by atoms with E-state index in [0.29, 0.717) is 11.7 Å². The third kappa shape index (κ3) is 5.78. The van der Waals surface area contributed by atoms with Crippen molar-refractivity contribution in [3.8, 4) is 0 Å². The Labute approximate surface area is 304 Å². The van der Waals surface area contributed by atoms with E-state index in [-0.39, 0.29) is 12.0 Å². The zero-order valence-electron chi connectivity index (χ0n) is 28.8. The van der Waals surface area contributed by atoms with Gasteiger partial charge < -0.3 is 16.4 Å². The van der Waals surface area contributed by atoms with Gasteiger partial charge in [0.1, 0.15) is 0 Å². The lowest BCUT2D eigenvalue weighted by molar-refractivity contribution is 0.747. The Hall–Kier alpha value is -6.85. The molecule has 1 aliphatic carbocycles. The van der Waals surface area contributed by atoms with Crippen LogP contribution in [0.4, 0.5) is 11.4 Å². The van der Waals surface area contributed by atoms with E-state index < -0.39 is 0 Å². The lowest BCUT2D eigenvalue weighted by Crippen LogP contribution is -2.28. The van der Waals surface area contributed by atoms with Gasteiger partial charge in [0.2, 0.25) is 5.96 Å². The molecule has 52 heavy (non-hydrogen) atoms. The minimum absolute atomic E-state index is 0.219. The Morgan fingerprint density at radius 1 is 0.731 bits per heavy atom. The lowest BCUT2D eigenvalue weighted by Gasteiger charge is -2.29. The third-order valence-electron chi connectivity index (χ3n) is 9.95. The Kier molecular flexibility index (Phi) is 8.59. The van der Waals surface area contributed by atoms with Gasteiger partial charge in [0.25, 0.3) is 0 Å². The van der Waals surface area contributed by atoms with Crippen LogP contribution in [0.25, 0.3) is 38.6 Å². The molecule has 5 aromatic carbocycles. The van der Waals surface area contributed by atoms with Gasteiger partial charge in [-0.3, -0.25) is 4.57 Å². The van der Waals surface area contributed by atoms with Gasteiger partial charge in [0.05, 0.1) is 17.1 Å². The molecule has 0 saturated carbocycles. The molecule has 2 aliphatic rings. The van der Waals surface area contributed by atoms with Crippen LogP contribution < -0.4 is 16.4 Å². The number of nitrogens with zero attached hydrogens (tertiary/aromatic N) is 3. The minimum atomic E-state index is 0.219. The number of nitrogens with two attached hydrogens (primary N) is 2. The second-order valence-corrected chi connectivity index (χ2v) is 12.9. The molecular formula is C47H39N5. The van der Waals surface area contributed by atoms with Crippen LogP contribution in [0.1, 0.15) is 28.2 Å². The summed E-state index contributed by atoms with van der Waals surface area (Å²) < 4.78 is 2.03. The van der Waals surface area contributed by atoms with Gasteiger partial charge in [-0.2, -0.15) is 0 Å². The number of para-hydroxylation sites is 3. The summed E-state index contributed by atoms with van der Waals surface area (Å²) >= 11 is 0. The van der Waals surface area contributed by atoms with E-state index in [2.05, 4.69) is 127 Å². The van der Waals surface area contributed by atoms with Crippen LogP contribution in [0, 0.1) is 0 Å². The topological polar surface area (TPSA) is 72.6 Å². The summed E-state index contributed by atoms with van der Waals surface area (Å²) in [4.78, 5) is 7.23. The summed E-state index contributed by atoms with van der Waals surface area (Å²) in [7, 11) is 0. The van der Waals surface area contributed by atoms with Crippen molar-refractivity contribution in [2.24, 2.45) is 16.5 Å². The zero-order valence-corrected chi connectivity index (χ0v) is 28.8. The maximum atomic E-state index is 6.79. The molecule has 0 spiro atoms. The number of aromatic nitrogens is 1. The highest BCUT2D eigenvalue weighted by molar-refractivity contribution is 6.14. The van der Waals surface area contributed by atoms with Crippen molar-refractivity contribution >= 4 is 56.0 Å². The summed E-state index contributed by atoms with van der Waals surface area (Å²) in [6.07, 6.45) is 17.9. The molecule has 6 aromatic rings. The fourth-order valence-electron chi connectivity index (χ4n) is 7.46. The SMILES string of the molecule is C=C/C=C\C=C(/N)c1ccc(/C(C=C)=C/N=C(\N)n2c3ccccc3c3cc(C4=CC5c6ccccc6N(c6ccccc6)C5C=C4)ccc32)cc1. The molecule has 252 valence electrons. The molecule has 1 aliphatic heterocycles. The fourth-order valence-corrected chi connectivity index (χ4v) is 7.46. The molecule has 0 amide bonds. The molecule has 2 unspecified atom stereocenters. The van der Waals surface area contributed by atoms with Crippen LogP contribution in [0.15, 0.2) is 194 Å². The maximum absolute atomic E-state index is 6.79. The number of allylic oxidation sites excluding steroid dienone is 8. The van der Waals surface area contributed by atoms with Gasteiger partial charge in [-0.05, 0) is 75.9 Å². The highest BCUT2D eigenvalue weighted by atomic mass is 15.2. The van der Waals surface area contributed by atoms with E-state index >= 15 is 0 Å². The molecule has 0 radical (unpaired) electrons. The first-order valence-electron chi connectivity index (χ1n) is 17.4. The van der Waals surface area contributed by atoms with E-state index in [1.165, 1.54) is 28.1 Å². The number of fused-ring (bicyclic) bond motifs is 6. The van der Waals surface area contributed by atoms with Crippen molar-refractivity contribution in [2.75, 3.05) is 4.90 Å². The largest absolute Gasteiger partial charge is 0.398 e. The minimum Gasteiger partial charge on any atom is -0.398 e. The van der Waals surface area contributed by atoms with E-state index in [0.717, 1.165) is 38.5 Å². The first kappa shape index (κ1) is 32.4. The summed E-state index contributed by atoms with van der Waals surface area (Å²) in [5, 5.41) is 2.24. The molecule has 0 saturated heterocycles. The van der Waals surface area contributed by atoms with Crippen molar-refractivity contribution < 1.29 is 0 Å². The van der Waals surface area contributed by atoms with Gasteiger partial charge in [-0.25, -0.2) is 4.99 Å². The Morgan fingerprint density at radius 2 is 1.46 bits per heavy atom. The number of hydrogen-bond acceptors (Lipinski definition) is 3. The average Bonchev–Trinajstić information content (AvgIpc) is 3.71. The molecule has 0 fully saturated rings. The van der Waals surface area contributed by atoms with Crippen LogP contribution in [0.2, 0.25) is 0 Å². The maximum Gasteiger partial charge on any atom is 0.205 e. The van der Waals surface area contributed by atoms with Crippen molar-refractivity contribution in [3.63, 3.8) is 0 Å². The quantitative estimate of drug-likeness (QED) is 0.0960. The van der Waals surface area contributed by atoms with E-state index in [9.17, 15) is 0 Å². The van der Waals surface area contributed by atoms with Crippen LogP contribution in [0.3, 0.4) is 0 Å². The molecule has 1 aromatic heterocycles. The van der Waals surface area contributed by atoms with E-state index in [1.807, 2.05) is 53.1 Å². The number of benzene rings is 5. The molecule has 5 heteroatoms. The van der Waals surface area contributed by atoms with Gasteiger partial charge in [-0.1, -0.05) is 141 Å². The molecule has 0 bridgehead atoms. The zero-order chi connectivity index (χ0) is 35.6. The smallest absolute Gasteiger partial charge is 0.205 e. The standard InChI is InChI=1S/C47H39N5/c1-3-5-7-18-42(48)34-23-21-33(22-24-34)32(4-2)31-50-47(49)52-44-20-13-11-17-39(44)41-30-36(26-28-46(41)52)35-25-27-45-40(29-35)38-16-10-12-19-43(38)51(45)37-14-8-6-9-15-37/h3-31,40,45H,1-2,48H2,(H2,49,50)/b7-5-,32-31+,42-18-. The lowest BCUT2D eigenvalue weighted by atomic mass is 9.86. The molecule has 4 N–H and O–H groups in total. The Bertz CT molecular complexity index is 2520. The second kappa shape index (κ2) is 13.8. The normalized spacial score (nSPS) is 17.4. The predicted octanol–water partition coefficient (Wildman–Crippen LogP) is 10.5. The number of aliphatic imine (C=N–C) groups is 1. The van der Waals surface area contributed by atoms with E-state index in [1.54, 1.807) is 18.4 Å². The van der Waals surface area contributed by atoms with E-state index in [4.69, 9.17) is 16.5 Å². The molecule has 2 heterocycles. The molecule has 5 nitrogen and oxygen atoms in total. The van der Waals surface area contributed by atoms with Gasteiger partial charge in [0.15, 0.2) is 0 Å². The number of rotatable bonds is 8. The molecule has 8 rings (SSSR count). The van der Waals surface area contributed by atoms with Crippen LogP contribution >= 0.6 is 0 Å². The van der Waals surface area contributed by atoms with Crippen molar-refractivity contribution in [2.45, 2.75) is 12.0 Å². The van der Waals surface area contributed by atoms with Crippen molar-refractivity contribution in [1.82, 2.24) is 4.57 Å². The van der Waals surface area contributed by atoms with Crippen molar-refractivity contribution in [1.29, 1.82) is 0 Å². The van der Waals surface area contributed by atoms with Gasteiger partial charge in [0, 0.05) is 40.0 Å². The summed E-state index contributed by atoms with van der Waals surface area (Å²) in [5.74, 6) is 0.617. The Balaban J connectivity index is 1.13. The summed E-state index contributed by atoms with van der Waals surface area (Å²) in [6, 6.07) is 42.6. The predicted molar refractivity (Wildman–Crippen MR) is 221 cm³/mol. The molecule has 2 atom stereocenters. The molecular weight excluding hydrogens is 635 g/mol. The summed E-state index contributed by atoms with van der Waals surface area (Å²) in [5.41, 5.74) is 24.6. The van der Waals surface area contributed by atoms with Crippen LogP contribution in [-0.2, 0) is 0 Å². The highest BCUT2D eigenvalue weighted by Gasteiger charge is 2.38. The number of anilines is 2. The van der Waals surface area contributed by atoms with Gasteiger partial charge in [-0.15, -0.1) is 0 Å². The highest BCUT2D eigenvalue weighted by Crippen LogP contribution is 2.49. The van der Waals surface area contributed by atoms with Crippen molar-refractivity contribution in [3.05, 3.63) is 212 Å². The third-order valence-corrected chi connectivity index (χ3v) is 9.95. The Morgan fingerprint density at radius 3 is 2.27 bits per heavy atom. The monoisotopic (exact) mass is 673 g/mol. The first-order chi connectivity index (χ1) is 25.6.